The van der Waals surface area contributed by atoms with Gasteiger partial charge in [-0.15, -0.1) is 0 Å². The minimum Gasteiger partial charge on any atom is -0.492 e. The Morgan fingerprint density at radius 2 is 1.60 bits per heavy atom. The van der Waals surface area contributed by atoms with Crippen molar-refractivity contribution in [3.8, 4) is 5.75 Å². The highest BCUT2D eigenvalue weighted by atomic mass is 35.5. The van der Waals surface area contributed by atoms with E-state index in [4.69, 9.17) is 16.3 Å². The van der Waals surface area contributed by atoms with Gasteiger partial charge < -0.3 is 4.74 Å². The molecule has 30 heavy (non-hydrogen) atoms. The second kappa shape index (κ2) is 10.6. The Balaban J connectivity index is 2.08. The number of halogens is 1. The summed E-state index contributed by atoms with van der Waals surface area (Å²) in [6.45, 7) is 6.61. The highest BCUT2D eigenvalue weighted by Gasteiger charge is 2.22. The van der Waals surface area contributed by atoms with Gasteiger partial charge in [0.2, 0.25) is 20.0 Å². The van der Waals surface area contributed by atoms with E-state index in [-0.39, 0.29) is 22.1 Å². The molecule has 166 valence electrons. The van der Waals surface area contributed by atoms with Gasteiger partial charge in [-0.1, -0.05) is 37.6 Å². The molecular weight excluding hydrogens is 448 g/mol. The van der Waals surface area contributed by atoms with E-state index in [2.05, 4.69) is 4.72 Å². The van der Waals surface area contributed by atoms with Crippen molar-refractivity contribution in [3.05, 3.63) is 53.1 Å². The van der Waals surface area contributed by atoms with Crippen molar-refractivity contribution in [2.24, 2.45) is 0 Å². The van der Waals surface area contributed by atoms with Crippen LogP contribution in [0.3, 0.4) is 0 Å². The van der Waals surface area contributed by atoms with Crippen LogP contribution in [0.2, 0.25) is 5.02 Å². The summed E-state index contributed by atoms with van der Waals surface area (Å²) in [4.78, 5) is 0.202. The fourth-order valence-electron chi connectivity index (χ4n) is 2.91. The summed E-state index contributed by atoms with van der Waals surface area (Å²) in [6.07, 6.45) is 0.398. The number of ether oxygens (including phenoxy) is 1. The summed E-state index contributed by atoms with van der Waals surface area (Å²) in [5, 5.41) is 0.295. The van der Waals surface area contributed by atoms with Crippen molar-refractivity contribution >= 4 is 31.6 Å². The molecule has 10 heteroatoms. The van der Waals surface area contributed by atoms with Gasteiger partial charge in [0.15, 0.2) is 0 Å². The Labute approximate surface area is 184 Å². The molecule has 0 bridgehead atoms. The zero-order valence-corrected chi connectivity index (χ0v) is 19.6. The van der Waals surface area contributed by atoms with Crippen molar-refractivity contribution in [2.75, 3.05) is 26.2 Å². The Hall–Kier alpha value is -1.65. The van der Waals surface area contributed by atoms with E-state index in [1.165, 1.54) is 16.4 Å². The van der Waals surface area contributed by atoms with Gasteiger partial charge in [0, 0.05) is 24.7 Å². The normalized spacial score (nSPS) is 12.3. The molecule has 0 fully saturated rings. The Morgan fingerprint density at radius 1 is 0.967 bits per heavy atom. The van der Waals surface area contributed by atoms with Gasteiger partial charge in [-0.25, -0.2) is 21.6 Å². The van der Waals surface area contributed by atoms with E-state index in [9.17, 15) is 16.8 Å². The van der Waals surface area contributed by atoms with Gasteiger partial charge >= 0.3 is 0 Å². The molecule has 7 nitrogen and oxygen atoms in total. The molecule has 0 atom stereocenters. The summed E-state index contributed by atoms with van der Waals surface area (Å²) < 4.78 is 59.7. The fraction of sp³-hybridized carbons (Fsp3) is 0.400. The summed E-state index contributed by atoms with van der Waals surface area (Å²) in [5.74, 6) is 0.236. The molecule has 0 aliphatic rings. The number of nitrogens with one attached hydrogen (secondary N) is 1. The molecule has 0 amide bonds. The first-order valence-electron chi connectivity index (χ1n) is 9.66. The average molecular weight is 475 g/mol. The monoisotopic (exact) mass is 474 g/mol. The number of hydrogen-bond acceptors (Lipinski definition) is 5. The number of nitrogens with zero attached hydrogens (tertiary/aromatic N) is 1. The van der Waals surface area contributed by atoms with Gasteiger partial charge in [-0.05, 0) is 49.2 Å². The van der Waals surface area contributed by atoms with E-state index in [1.54, 1.807) is 51.1 Å². The van der Waals surface area contributed by atoms with Crippen LogP contribution in [0, 0.1) is 0 Å². The molecule has 0 spiro atoms. The summed E-state index contributed by atoms with van der Waals surface area (Å²) in [5.41, 5.74) is 0.812. The molecule has 0 radical (unpaired) electrons. The number of hydrogen-bond donors (Lipinski definition) is 1. The van der Waals surface area contributed by atoms with Crippen LogP contribution in [0.15, 0.2) is 52.3 Å². The van der Waals surface area contributed by atoms with Gasteiger partial charge in [0.05, 0.1) is 11.5 Å². The second-order valence-electron chi connectivity index (χ2n) is 6.41. The van der Waals surface area contributed by atoms with E-state index in [0.29, 0.717) is 31.1 Å². The molecule has 0 saturated carbocycles. The number of sulfonamides is 2. The zero-order chi connectivity index (χ0) is 22.4. The standard InChI is InChI=1S/C20H27ClN2O5S2/c1-4-23(5-2)30(26,27)18-10-7-16(8-11-18)13-14-22-29(24,25)20-15-17(21)9-12-19(20)28-6-3/h7-12,15,22H,4-6,13-14H2,1-3H3. The van der Waals surface area contributed by atoms with Crippen molar-refractivity contribution in [1.82, 2.24) is 9.03 Å². The third kappa shape index (κ3) is 5.95. The lowest BCUT2D eigenvalue weighted by Gasteiger charge is -2.18. The van der Waals surface area contributed by atoms with Gasteiger partial charge in [-0.2, -0.15) is 4.31 Å². The molecule has 0 aromatic heterocycles. The van der Waals surface area contributed by atoms with Crippen LogP contribution in [0.5, 0.6) is 5.75 Å². The van der Waals surface area contributed by atoms with Crippen LogP contribution in [-0.4, -0.2) is 47.4 Å². The second-order valence-corrected chi connectivity index (χ2v) is 10.5. The van der Waals surface area contributed by atoms with Crippen LogP contribution in [0.25, 0.3) is 0 Å². The Bertz CT molecular complexity index is 1050. The van der Waals surface area contributed by atoms with Crippen LogP contribution in [-0.2, 0) is 26.5 Å². The minimum absolute atomic E-state index is 0.0162. The van der Waals surface area contributed by atoms with Crippen LogP contribution in [0.1, 0.15) is 26.3 Å². The molecule has 0 aliphatic carbocycles. The SMILES string of the molecule is CCOc1ccc(Cl)cc1S(=O)(=O)NCCc1ccc(S(=O)(=O)N(CC)CC)cc1. The molecule has 0 saturated heterocycles. The maximum atomic E-state index is 12.7. The summed E-state index contributed by atoms with van der Waals surface area (Å²) in [7, 11) is -7.33. The minimum atomic E-state index is -3.82. The molecule has 2 rings (SSSR count). The predicted octanol–water partition coefficient (Wildman–Crippen LogP) is 3.29. The fourth-order valence-corrected chi connectivity index (χ4v) is 5.81. The lowest BCUT2D eigenvalue weighted by atomic mass is 10.2. The van der Waals surface area contributed by atoms with Crippen LogP contribution >= 0.6 is 11.6 Å². The largest absolute Gasteiger partial charge is 0.492 e. The molecule has 0 heterocycles. The van der Waals surface area contributed by atoms with Crippen molar-refractivity contribution < 1.29 is 21.6 Å². The predicted molar refractivity (Wildman–Crippen MR) is 118 cm³/mol. The summed E-state index contributed by atoms with van der Waals surface area (Å²) in [6, 6.07) is 10.9. The van der Waals surface area contributed by atoms with Gasteiger partial charge in [0.25, 0.3) is 0 Å². The van der Waals surface area contributed by atoms with Gasteiger partial charge in [-0.3, -0.25) is 0 Å². The zero-order valence-electron chi connectivity index (χ0n) is 17.3. The van der Waals surface area contributed by atoms with E-state index >= 15 is 0 Å². The Morgan fingerprint density at radius 3 is 2.17 bits per heavy atom. The third-order valence-corrected chi connectivity index (χ3v) is 8.25. The topological polar surface area (TPSA) is 92.8 Å². The van der Waals surface area contributed by atoms with Crippen LogP contribution in [0.4, 0.5) is 0 Å². The lowest BCUT2D eigenvalue weighted by molar-refractivity contribution is 0.331. The van der Waals surface area contributed by atoms with Crippen LogP contribution < -0.4 is 9.46 Å². The first-order chi connectivity index (χ1) is 14.2. The number of benzene rings is 2. The van der Waals surface area contributed by atoms with E-state index in [0.717, 1.165) is 5.56 Å². The highest BCUT2D eigenvalue weighted by Crippen LogP contribution is 2.27. The molecule has 0 aliphatic heterocycles. The maximum absolute atomic E-state index is 12.7. The molecule has 0 unspecified atom stereocenters. The van der Waals surface area contributed by atoms with E-state index < -0.39 is 20.0 Å². The molecule has 1 N–H and O–H groups in total. The first kappa shape index (κ1) is 24.6. The highest BCUT2D eigenvalue weighted by molar-refractivity contribution is 7.89. The lowest BCUT2D eigenvalue weighted by Crippen LogP contribution is -2.30. The molecule has 2 aromatic rings. The van der Waals surface area contributed by atoms with E-state index in [1.807, 2.05) is 0 Å². The summed E-state index contributed by atoms with van der Waals surface area (Å²) >= 11 is 5.95. The smallest absolute Gasteiger partial charge is 0.244 e. The van der Waals surface area contributed by atoms with Gasteiger partial charge in [0.1, 0.15) is 10.6 Å². The van der Waals surface area contributed by atoms with Crippen molar-refractivity contribution in [3.63, 3.8) is 0 Å². The molecule has 2 aromatic carbocycles. The number of rotatable bonds is 11. The third-order valence-electron chi connectivity index (χ3n) is 4.47. The molecular formula is C20H27ClN2O5S2. The first-order valence-corrected chi connectivity index (χ1v) is 13.0. The van der Waals surface area contributed by atoms with Crippen molar-refractivity contribution in [2.45, 2.75) is 37.0 Å². The van der Waals surface area contributed by atoms with Crippen molar-refractivity contribution in [1.29, 1.82) is 0 Å². The average Bonchev–Trinajstić information content (AvgIpc) is 2.70. The maximum Gasteiger partial charge on any atom is 0.244 e. The quantitative estimate of drug-likeness (QED) is 0.539. The Kier molecular flexibility index (Phi) is 8.69.